The molecule has 2 atom stereocenters. The van der Waals surface area contributed by atoms with Gasteiger partial charge in [0, 0.05) is 12.5 Å². The third-order valence-corrected chi connectivity index (χ3v) is 6.54. The molecule has 2 fully saturated rings. The molecule has 0 saturated heterocycles. The zero-order valence-corrected chi connectivity index (χ0v) is 14.6. The number of nitrogens with zero attached hydrogens (tertiary/aromatic N) is 2. The normalized spacial score (nSPS) is 25.6. The predicted molar refractivity (Wildman–Crippen MR) is 87.8 cm³/mol. The van der Waals surface area contributed by atoms with Gasteiger partial charge in [-0.15, -0.1) is 0 Å². The van der Waals surface area contributed by atoms with Crippen LogP contribution >= 0.6 is 0 Å². The van der Waals surface area contributed by atoms with Crippen LogP contribution in [0.3, 0.4) is 0 Å². The monoisotopic (exact) mass is 347 g/mol. The zero-order valence-electron chi connectivity index (χ0n) is 13.8. The first-order valence-corrected chi connectivity index (χ1v) is 9.76. The smallest absolute Gasteiger partial charge is 0.240 e. The van der Waals surface area contributed by atoms with Crippen LogP contribution < -0.4 is 4.72 Å². The van der Waals surface area contributed by atoms with E-state index in [1.165, 1.54) is 12.8 Å². The molecule has 7 heteroatoms. The summed E-state index contributed by atoms with van der Waals surface area (Å²) < 4.78 is 33.3. The Labute approximate surface area is 141 Å². The predicted octanol–water partition coefficient (Wildman–Crippen LogP) is 2.49. The van der Waals surface area contributed by atoms with Crippen LogP contribution in [0.15, 0.2) is 39.8 Å². The quantitative estimate of drug-likeness (QED) is 0.868. The van der Waals surface area contributed by atoms with E-state index in [9.17, 15) is 8.42 Å². The maximum atomic E-state index is 12.5. The molecular weight excluding hydrogens is 326 g/mol. The van der Waals surface area contributed by atoms with Crippen LogP contribution in [0.25, 0.3) is 0 Å². The van der Waals surface area contributed by atoms with Gasteiger partial charge in [-0.2, -0.15) is 4.98 Å². The van der Waals surface area contributed by atoms with Crippen molar-refractivity contribution >= 4 is 10.0 Å². The first kappa shape index (κ1) is 15.8. The molecule has 4 rings (SSSR count). The highest BCUT2D eigenvalue weighted by atomic mass is 32.2. The van der Waals surface area contributed by atoms with Gasteiger partial charge in [-0.25, -0.2) is 13.1 Å². The van der Waals surface area contributed by atoms with E-state index < -0.39 is 10.0 Å². The van der Waals surface area contributed by atoms with Gasteiger partial charge in [0.2, 0.25) is 15.9 Å². The minimum absolute atomic E-state index is 0.0866. The van der Waals surface area contributed by atoms with Gasteiger partial charge in [0.25, 0.3) is 0 Å². The first-order chi connectivity index (χ1) is 11.4. The van der Waals surface area contributed by atoms with Crippen LogP contribution in [-0.2, 0) is 16.4 Å². The van der Waals surface area contributed by atoms with Crippen LogP contribution in [0.5, 0.6) is 0 Å². The van der Waals surface area contributed by atoms with E-state index in [1.54, 1.807) is 30.3 Å². The fourth-order valence-corrected chi connectivity index (χ4v) is 4.64. The van der Waals surface area contributed by atoms with E-state index in [1.807, 2.05) is 13.8 Å². The summed E-state index contributed by atoms with van der Waals surface area (Å²) in [6, 6.07) is 8.17. The maximum Gasteiger partial charge on any atom is 0.240 e. The number of benzene rings is 1. The lowest BCUT2D eigenvalue weighted by atomic mass is 10.1. The van der Waals surface area contributed by atoms with E-state index in [4.69, 9.17) is 4.52 Å². The van der Waals surface area contributed by atoms with Crippen LogP contribution in [0.4, 0.5) is 0 Å². The Bertz CT molecular complexity index is 841. The van der Waals surface area contributed by atoms with Gasteiger partial charge in [-0.05, 0) is 36.3 Å². The molecule has 0 aliphatic heterocycles. The number of sulfonamides is 1. The summed E-state index contributed by atoms with van der Waals surface area (Å²) in [4.78, 5) is 4.76. The SMILES string of the molecule is CC1(C)[C@H](c2nc(CC3CC3)no2)[C@@H]1NS(=O)(=O)c1ccccc1. The van der Waals surface area contributed by atoms with Gasteiger partial charge >= 0.3 is 0 Å². The fraction of sp³-hybridized carbons (Fsp3) is 0.529. The molecule has 6 nitrogen and oxygen atoms in total. The topological polar surface area (TPSA) is 85.1 Å². The Morgan fingerprint density at radius 2 is 1.96 bits per heavy atom. The van der Waals surface area contributed by atoms with Crippen molar-refractivity contribution in [2.24, 2.45) is 11.3 Å². The first-order valence-electron chi connectivity index (χ1n) is 8.28. The summed E-state index contributed by atoms with van der Waals surface area (Å²) in [6.45, 7) is 4.03. The molecule has 128 valence electrons. The molecule has 2 aliphatic rings. The van der Waals surface area contributed by atoms with E-state index in [2.05, 4.69) is 14.9 Å². The second kappa shape index (κ2) is 5.39. The molecule has 1 aromatic heterocycles. The van der Waals surface area contributed by atoms with Gasteiger partial charge < -0.3 is 4.52 Å². The number of hydrogen-bond acceptors (Lipinski definition) is 5. The Morgan fingerprint density at radius 3 is 2.62 bits per heavy atom. The highest BCUT2D eigenvalue weighted by Gasteiger charge is 2.63. The average Bonchev–Trinajstić information content (AvgIpc) is 3.38. The highest BCUT2D eigenvalue weighted by Crippen LogP contribution is 2.58. The molecule has 2 aliphatic carbocycles. The Kier molecular flexibility index (Phi) is 3.54. The third-order valence-electron chi connectivity index (χ3n) is 5.08. The van der Waals surface area contributed by atoms with E-state index >= 15 is 0 Å². The number of rotatable bonds is 6. The third kappa shape index (κ3) is 2.86. The molecule has 2 aromatic rings. The van der Waals surface area contributed by atoms with Crippen LogP contribution in [0.1, 0.15) is 44.3 Å². The van der Waals surface area contributed by atoms with Crippen molar-refractivity contribution in [1.82, 2.24) is 14.9 Å². The number of nitrogens with one attached hydrogen (secondary N) is 1. The molecule has 24 heavy (non-hydrogen) atoms. The summed E-state index contributed by atoms with van der Waals surface area (Å²) in [5.41, 5.74) is -0.245. The van der Waals surface area contributed by atoms with Crippen molar-refractivity contribution in [1.29, 1.82) is 0 Å². The zero-order chi connectivity index (χ0) is 16.9. The lowest BCUT2D eigenvalue weighted by Crippen LogP contribution is -2.29. The molecule has 1 aromatic carbocycles. The van der Waals surface area contributed by atoms with Gasteiger partial charge in [0.05, 0.1) is 10.8 Å². The van der Waals surface area contributed by atoms with Gasteiger partial charge in [0.1, 0.15) is 0 Å². The second-order valence-corrected chi connectivity index (χ2v) is 9.12. The van der Waals surface area contributed by atoms with Crippen LogP contribution in [0.2, 0.25) is 0 Å². The molecule has 0 spiro atoms. The van der Waals surface area contributed by atoms with Crippen molar-refractivity contribution < 1.29 is 12.9 Å². The van der Waals surface area contributed by atoms with Crippen LogP contribution in [0, 0.1) is 11.3 Å². The van der Waals surface area contributed by atoms with E-state index in [-0.39, 0.29) is 22.3 Å². The van der Waals surface area contributed by atoms with Gasteiger partial charge in [-0.1, -0.05) is 37.2 Å². The lowest BCUT2D eigenvalue weighted by molar-refractivity contribution is 0.362. The summed E-state index contributed by atoms with van der Waals surface area (Å²) in [5.74, 6) is 1.88. The molecule has 0 amide bonds. The van der Waals surface area contributed by atoms with Crippen LogP contribution in [-0.4, -0.2) is 24.6 Å². The number of hydrogen-bond donors (Lipinski definition) is 1. The molecule has 1 heterocycles. The van der Waals surface area contributed by atoms with Gasteiger partial charge in [-0.3, -0.25) is 0 Å². The molecule has 0 radical (unpaired) electrons. The van der Waals surface area contributed by atoms with Crippen molar-refractivity contribution in [3.8, 4) is 0 Å². The van der Waals surface area contributed by atoms with Crippen molar-refractivity contribution in [3.05, 3.63) is 42.0 Å². The average molecular weight is 347 g/mol. The Hall–Kier alpha value is -1.73. The molecule has 0 unspecified atom stereocenters. The second-order valence-electron chi connectivity index (χ2n) is 7.41. The molecular formula is C17H21N3O3S. The Balaban J connectivity index is 1.51. The highest BCUT2D eigenvalue weighted by molar-refractivity contribution is 7.89. The maximum absolute atomic E-state index is 12.5. The summed E-state index contributed by atoms with van der Waals surface area (Å²) in [6.07, 6.45) is 3.33. The van der Waals surface area contributed by atoms with Gasteiger partial charge in [0.15, 0.2) is 5.82 Å². The van der Waals surface area contributed by atoms with Crippen molar-refractivity contribution in [2.45, 2.75) is 50.0 Å². The summed E-state index contributed by atoms with van der Waals surface area (Å²) in [5, 5.41) is 4.05. The minimum Gasteiger partial charge on any atom is -0.339 e. The molecule has 1 N–H and O–H groups in total. The van der Waals surface area contributed by atoms with E-state index in [0.717, 1.165) is 12.2 Å². The fourth-order valence-electron chi connectivity index (χ4n) is 3.21. The Morgan fingerprint density at radius 1 is 1.25 bits per heavy atom. The summed E-state index contributed by atoms with van der Waals surface area (Å²) >= 11 is 0. The molecule has 0 bridgehead atoms. The molecule has 2 saturated carbocycles. The largest absolute Gasteiger partial charge is 0.339 e. The van der Waals surface area contributed by atoms with E-state index in [0.29, 0.717) is 11.8 Å². The van der Waals surface area contributed by atoms with Crippen molar-refractivity contribution in [2.75, 3.05) is 0 Å². The number of aromatic nitrogens is 2. The lowest BCUT2D eigenvalue weighted by Gasteiger charge is -2.07. The minimum atomic E-state index is -3.55. The van der Waals surface area contributed by atoms with Crippen molar-refractivity contribution in [3.63, 3.8) is 0 Å². The standard InChI is InChI=1S/C17H21N3O3S/c1-17(2)14(16-18-13(19-23-16)10-11-8-9-11)15(17)20-24(21,22)12-6-4-3-5-7-12/h3-7,11,14-15,20H,8-10H2,1-2H3/t14-,15-/m0/s1. The summed E-state index contributed by atoms with van der Waals surface area (Å²) in [7, 11) is -3.55.